The first-order valence-corrected chi connectivity index (χ1v) is 6.46. The third-order valence-electron chi connectivity index (χ3n) is 2.96. The van der Waals surface area contributed by atoms with Gasteiger partial charge in [0, 0.05) is 10.6 Å². The SMILES string of the molecule is C[C@H](NC(=O)c1ccc(N)c(F)c1)c1cccc(Cl)c1. The fourth-order valence-corrected chi connectivity index (χ4v) is 2.01. The van der Waals surface area contributed by atoms with Crippen LogP contribution in [0.1, 0.15) is 28.9 Å². The number of nitrogen functional groups attached to an aromatic ring is 1. The molecular formula is C15H14ClFN2O. The summed E-state index contributed by atoms with van der Waals surface area (Å²) in [5.41, 5.74) is 6.50. The smallest absolute Gasteiger partial charge is 0.251 e. The normalized spacial score (nSPS) is 11.9. The molecule has 0 heterocycles. The van der Waals surface area contributed by atoms with Crippen LogP contribution >= 0.6 is 11.6 Å². The topological polar surface area (TPSA) is 55.1 Å². The number of halogens is 2. The number of nitrogens with one attached hydrogen (secondary N) is 1. The second kappa shape index (κ2) is 5.92. The third-order valence-corrected chi connectivity index (χ3v) is 3.19. The number of carbonyl (C=O) groups is 1. The Morgan fingerprint density at radius 3 is 2.70 bits per heavy atom. The van der Waals surface area contributed by atoms with Crippen LogP contribution in [0.5, 0.6) is 0 Å². The second-order valence-electron chi connectivity index (χ2n) is 4.49. The lowest BCUT2D eigenvalue weighted by Gasteiger charge is -2.15. The van der Waals surface area contributed by atoms with Gasteiger partial charge in [-0.05, 0) is 42.8 Å². The largest absolute Gasteiger partial charge is 0.396 e. The zero-order valence-corrected chi connectivity index (χ0v) is 11.6. The average Bonchev–Trinajstić information content (AvgIpc) is 2.41. The maximum absolute atomic E-state index is 13.3. The first kappa shape index (κ1) is 14.3. The average molecular weight is 293 g/mol. The van der Waals surface area contributed by atoms with Gasteiger partial charge in [-0.2, -0.15) is 0 Å². The molecule has 20 heavy (non-hydrogen) atoms. The van der Waals surface area contributed by atoms with Crippen LogP contribution in [0.4, 0.5) is 10.1 Å². The van der Waals surface area contributed by atoms with Crippen LogP contribution in [0, 0.1) is 5.82 Å². The number of nitrogens with two attached hydrogens (primary N) is 1. The molecular weight excluding hydrogens is 279 g/mol. The van der Waals surface area contributed by atoms with Crippen molar-refractivity contribution in [3.8, 4) is 0 Å². The Labute approximate surface area is 121 Å². The minimum Gasteiger partial charge on any atom is -0.396 e. The molecule has 0 saturated carbocycles. The maximum atomic E-state index is 13.3. The Kier molecular flexibility index (Phi) is 4.25. The quantitative estimate of drug-likeness (QED) is 0.850. The summed E-state index contributed by atoms with van der Waals surface area (Å²) in [7, 11) is 0. The highest BCUT2D eigenvalue weighted by Crippen LogP contribution is 2.18. The second-order valence-corrected chi connectivity index (χ2v) is 4.92. The van der Waals surface area contributed by atoms with Crippen molar-refractivity contribution in [2.24, 2.45) is 0 Å². The van der Waals surface area contributed by atoms with E-state index in [0.29, 0.717) is 5.02 Å². The molecule has 2 aromatic carbocycles. The van der Waals surface area contributed by atoms with Crippen LogP contribution in [-0.2, 0) is 0 Å². The first-order chi connectivity index (χ1) is 9.47. The molecule has 0 aliphatic heterocycles. The summed E-state index contributed by atoms with van der Waals surface area (Å²) in [4.78, 5) is 12.0. The molecule has 0 bridgehead atoms. The molecule has 3 N–H and O–H groups in total. The lowest BCUT2D eigenvalue weighted by molar-refractivity contribution is 0.0939. The molecule has 0 aliphatic carbocycles. The zero-order valence-electron chi connectivity index (χ0n) is 10.9. The summed E-state index contributed by atoms with van der Waals surface area (Å²) in [6.45, 7) is 1.83. The van der Waals surface area contributed by atoms with Crippen LogP contribution in [0.15, 0.2) is 42.5 Å². The Balaban J connectivity index is 2.13. The summed E-state index contributed by atoms with van der Waals surface area (Å²) < 4.78 is 13.3. The molecule has 0 spiro atoms. The van der Waals surface area contributed by atoms with Crippen molar-refractivity contribution in [3.63, 3.8) is 0 Å². The molecule has 1 amide bonds. The Hall–Kier alpha value is -2.07. The number of carbonyl (C=O) groups excluding carboxylic acids is 1. The van der Waals surface area contributed by atoms with E-state index < -0.39 is 5.82 Å². The lowest BCUT2D eigenvalue weighted by Crippen LogP contribution is -2.26. The molecule has 0 radical (unpaired) electrons. The number of benzene rings is 2. The standard InChI is InChI=1S/C15H14ClFN2O/c1-9(10-3-2-4-12(16)7-10)19-15(20)11-5-6-14(18)13(17)8-11/h2-9H,18H2,1H3,(H,19,20)/t9-/m0/s1. The highest BCUT2D eigenvalue weighted by Gasteiger charge is 2.13. The molecule has 1 atom stereocenters. The fourth-order valence-electron chi connectivity index (χ4n) is 1.81. The van der Waals surface area contributed by atoms with Crippen molar-refractivity contribution in [2.75, 3.05) is 5.73 Å². The summed E-state index contributed by atoms with van der Waals surface area (Å²) >= 11 is 5.90. The highest BCUT2D eigenvalue weighted by atomic mass is 35.5. The Morgan fingerprint density at radius 2 is 2.05 bits per heavy atom. The van der Waals surface area contributed by atoms with Crippen LogP contribution in [0.25, 0.3) is 0 Å². The summed E-state index contributed by atoms with van der Waals surface area (Å²) in [5, 5.41) is 3.38. The minimum absolute atomic E-state index is 0.0180. The monoisotopic (exact) mass is 292 g/mol. The molecule has 0 aliphatic rings. The lowest BCUT2D eigenvalue weighted by atomic mass is 10.1. The van der Waals surface area contributed by atoms with E-state index in [1.54, 1.807) is 12.1 Å². The number of amides is 1. The zero-order chi connectivity index (χ0) is 14.7. The molecule has 2 aromatic rings. The van der Waals surface area contributed by atoms with Gasteiger partial charge in [0.1, 0.15) is 5.82 Å². The van der Waals surface area contributed by atoms with Gasteiger partial charge in [0.2, 0.25) is 0 Å². The number of hydrogen-bond donors (Lipinski definition) is 2. The summed E-state index contributed by atoms with van der Waals surface area (Å²) in [6.07, 6.45) is 0. The van der Waals surface area contributed by atoms with Gasteiger partial charge in [0.25, 0.3) is 5.91 Å². The van der Waals surface area contributed by atoms with E-state index in [1.807, 2.05) is 19.1 Å². The predicted molar refractivity (Wildman–Crippen MR) is 78.1 cm³/mol. The molecule has 2 rings (SSSR count). The van der Waals surface area contributed by atoms with Crippen LogP contribution in [0.3, 0.4) is 0 Å². The van der Waals surface area contributed by atoms with Crippen molar-refractivity contribution in [3.05, 3.63) is 64.4 Å². The van der Waals surface area contributed by atoms with E-state index in [4.69, 9.17) is 17.3 Å². The van der Waals surface area contributed by atoms with E-state index in [1.165, 1.54) is 12.1 Å². The molecule has 0 unspecified atom stereocenters. The van der Waals surface area contributed by atoms with E-state index in [9.17, 15) is 9.18 Å². The van der Waals surface area contributed by atoms with E-state index in [-0.39, 0.29) is 23.2 Å². The number of anilines is 1. The van der Waals surface area contributed by atoms with Crippen molar-refractivity contribution in [2.45, 2.75) is 13.0 Å². The van der Waals surface area contributed by atoms with Crippen LogP contribution < -0.4 is 11.1 Å². The molecule has 0 aromatic heterocycles. The molecule has 0 saturated heterocycles. The number of rotatable bonds is 3. The van der Waals surface area contributed by atoms with Gasteiger partial charge in [0.05, 0.1) is 11.7 Å². The molecule has 3 nitrogen and oxygen atoms in total. The van der Waals surface area contributed by atoms with Gasteiger partial charge in [0.15, 0.2) is 0 Å². The molecule has 5 heteroatoms. The van der Waals surface area contributed by atoms with E-state index >= 15 is 0 Å². The number of hydrogen-bond acceptors (Lipinski definition) is 2. The van der Waals surface area contributed by atoms with Crippen LogP contribution in [-0.4, -0.2) is 5.91 Å². The maximum Gasteiger partial charge on any atom is 0.251 e. The van der Waals surface area contributed by atoms with Gasteiger partial charge in [-0.1, -0.05) is 23.7 Å². The fraction of sp³-hybridized carbons (Fsp3) is 0.133. The molecule has 104 valence electrons. The van der Waals surface area contributed by atoms with Gasteiger partial charge in [-0.15, -0.1) is 0 Å². The van der Waals surface area contributed by atoms with Crippen LogP contribution in [0.2, 0.25) is 5.02 Å². The minimum atomic E-state index is -0.604. The van der Waals surface area contributed by atoms with E-state index in [0.717, 1.165) is 11.6 Å². The van der Waals surface area contributed by atoms with Gasteiger partial charge in [-0.25, -0.2) is 4.39 Å². The Morgan fingerprint density at radius 1 is 1.30 bits per heavy atom. The third kappa shape index (κ3) is 3.27. The predicted octanol–water partition coefficient (Wildman–Crippen LogP) is 3.55. The van der Waals surface area contributed by atoms with Crippen molar-refractivity contribution >= 4 is 23.2 Å². The van der Waals surface area contributed by atoms with Crippen molar-refractivity contribution in [1.29, 1.82) is 0 Å². The van der Waals surface area contributed by atoms with Gasteiger partial charge < -0.3 is 11.1 Å². The summed E-state index contributed by atoms with van der Waals surface area (Å²) in [5.74, 6) is -0.968. The van der Waals surface area contributed by atoms with E-state index in [2.05, 4.69) is 5.32 Å². The van der Waals surface area contributed by atoms with Gasteiger partial charge in [-0.3, -0.25) is 4.79 Å². The first-order valence-electron chi connectivity index (χ1n) is 6.08. The van der Waals surface area contributed by atoms with Crippen molar-refractivity contribution < 1.29 is 9.18 Å². The summed E-state index contributed by atoms with van der Waals surface area (Å²) in [6, 6.07) is 10.9. The van der Waals surface area contributed by atoms with Gasteiger partial charge >= 0.3 is 0 Å². The van der Waals surface area contributed by atoms with Crippen molar-refractivity contribution in [1.82, 2.24) is 5.32 Å². The highest BCUT2D eigenvalue weighted by molar-refractivity contribution is 6.30. The molecule has 0 fully saturated rings. The Bertz CT molecular complexity index is 646.